The maximum Gasteiger partial charge on any atom is 0.244 e. The van der Waals surface area contributed by atoms with Crippen LogP contribution in [0.2, 0.25) is 0 Å². The molecule has 1 saturated carbocycles. The van der Waals surface area contributed by atoms with E-state index in [1.165, 1.54) is 11.1 Å². The Morgan fingerprint density at radius 2 is 2.05 bits per heavy atom. The summed E-state index contributed by atoms with van der Waals surface area (Å²) in [6, 6.07) is 8.64. The molecule has 0 aromatic heterocycles. The summed E-state index contributed by atoms with van der Waals surface area (Å²) in [5.41, 5.74) is 2.13. The Hall–Kier alpha value is -1.39. The molecule has 1 aromatic carbocycles. The quantitative estimate of drug-likeness (QED) is 0.904. The van der Waals surface area contributed by atoms with E-state index in [-0.39, 0.29) is 23.7 Å². The lowest BCUT2D eigenvalue weighted by Gasteiger charge is -2.30. The Morgan fingerprint density at radius 1 is 1.38 bits per heavy atom. The van der Waals surface area contributed by atoms with Gasteiger partial charge >= 0.3 is 0 Å². The van der Waals surface area contributed by atoms with Crippen LogP contribution in [0.5, 0.6) is 0 Å². The van der Waals surface area contributed by atoms with Gasteiger partial charge in [0.05, 0.1) is 0 Å². The third-order valence-electron chi connectivity index (χ3n) is 4.69. The number of ether oxygens (including phenoxy) is 1. The van der Waals surface area contributed by atoms with Gasteiger partial charge in [0.1, 0.15) is 11.7 Å². The highest BCUT2D eigenvalue weighted by Crippen LogP contribution is 2.46. The van der Waals surface area contributed by atoms with E-state index in [1.54, 1.807) is 7.11 Å². The fraction of sp³-hybridized carbons (Fsp3) is 0.588. The van der Waals surface area contributed by atoms with Crippen molar-refractivity contribution in [3.63, 3.8) is 0 Å². The number of hydrogen-bond acceptors (Lipinski definition) is 3. The van der Waals surface area contributed by atoms with E-state index in [9.17, 15) is 4.79 Å². The smallest absolute Gasteiger partial charge is 0.244 e. The zero-order valence-electron chi connectivity index (χ0n) is 13.1. The number of hydrogen-bond donors (Lipinski definition) is 1. The number of nitrogens with one attached hydrogen (secondary N) is 1. The minimum atomic E-state index is -0.281. The monoisotopic (exact) mass is 288 g/mol. The molecular weight excluding hydrogens is 264 g/mol. The van der Waals surface area contributed by atoms with Gasteiger partial charge in [0, 0.05) is 19.8 Å². The number of carbonyl (C=O) groups is 1. The topological polar surface area (TPSA) is 41.6 Å². The van der Waals surface area contributed by atoms with Gasteiger partial charge in [-0.05, 0) is 38.7 Å². The molecule has 4 heteroatoms. The van der Waals surface area contributed by atoms with Gasteiger partial charge in [-0.15, -0.1) is 0 Å². The number of aryl methyl sites for hydroxylation is 1. The van der Waals surface area contributed by atoms with Gasteiger partial charge in [-0.3, -0.25) is 10.1 Å². The minimum Gasteiger partial charge on any atom is -0.385 e. The number of rotatable bonds is 5. The van der Waals surface area contributed by atoms with Gasteiger partial charge < -0.3 is 9.64 Å². The average molecular weight is 288 g/mol. The highest BCUT2D eigenvalue weighted by Gasteiger charge is 2.60. The van der Waals surface area contributed by atoms with Crippen molar-refractivity contribution in [2.45, 2.75) is 50.9 Å². The molecule has 2 aliphatic rings. The summed E-state index contributed by atoms with van der Waals surface area (Å²) in [5.74, 6) is 0.261. The molecule has 21 heavy (non-hydrogen) atoms. The van der Waals surface area contributed by atoms with Gasteiger partial charge in [-0.25, -0.2) is 0 Å². The van der Waals surface area contributed by atoms with Gasteiger partial charge in [-0.2, -0.15) is 0 Å². The molecule has 1 aromatic rings. The lowest BCUT2D eigenvalue weighted by atomic mass is 10.1. The second kappa shape index (κ2) is 5.43. The Balaban J connectivity index is 1.85. The predicted molar refractivity (Wildman–Crippen MR) is 81.8 cm³/mol. The van der Waals surface area contributed by atoms with Crippen LogP contribution in [-0.4, -0.2) is 36.1 Å². The minimum absolute atomic E-state index is 0.00699. The number of nitrogens with zero attached hydrogens (tertiary/aromatic N) is 1. The SMILES string of the molecule is COCCC(C)N1C(=O)C2(CC2)NC1c1ccc(C)cc1. The molecular formula is C17H24N2O2. The molecule has 1 N–H and O–H groups in total. The molecule has 1 aliphatic carbocycles. The normalized spacial score (nSPS) is 24.6. The van der Waals surface area contributed by atoms with Gasteiger partial charge in [0.25, 0.3) is 0 Å². The molecule has 0 bridgehead atoms. The molecule has 0 radical (unpaired) electrons. The van der Waals surface area contributed by atoms with Crippen molar-refractivity contribution in [3.05, 3.63) is 35.4 Å². The van der Waals surface area contributed by atoms with Crippen LogP contribution >= 0.6 is 0 Å². The summed E-state index contributed by atoms with van der Waals surface area (Å²) in [6.45, 7) is 4.87. The summed E-state index contributed by atoms with van der Waals surface area (Å²) < 4.78 is 5.17. The maximum absolute atomic E-state index is 12.8. The summed E-state index contributed by atoms with van der Waals surface area (Å²) in [4.78, 5) is 14.8. The van der Waals surface area contributed by atoms with Crippen LogP contribution in [0.15, 0.2) is 24.3 Å². The first-order valence-corrected chi connectivity index (χ1v) is 7.73. The first-order valence-electron chi connectivity index (χ1n) is 7.73. The largest absolute Gasteiger partial charge is 0.385 e. The van der Waals surface area contributed by atoms with Crippen LogP contribution in [-0.2, 0) is 9.53 Å². The molecule has 2 atom stereocenters. The molecule has 2 unspecified atom stereocenters. The standard InChI is InChI=1S/C17H24N2O2/c1-12-4-6-14(7-5-12)15-18-17(9-10-17)16(20)19(15)13(2)8-11-21-3/h4-7,13,15,18H,8-11H2,1-3H3. The van der Waals surface area contributed by atoms with Crippen molar-refractivity contribution >= 4 is 5.91 Å². The van der Waals surface area contributed by atoms with E-state index in [0.29, 0.717) is 6.61 Å². The molecule has 114 valence electrons. The van der Waals surface area contributed by atoms with E-state index in [0.717, 1.165) is 19.3 Å². The van der Waals surface area contributed by atoms with Crippen molar-refractivity contribution < 1.29 is 9.53 Å². The molecule has 1 amide bonds. The highest BCUT2D eigenvalue weighted by molar-refractivity contribution is 5.92. The molecule has 1 spiro atoms. The van der Waals surface area contributed by atoms with Crippen LogP contribution in [0.3, 0.4) is 0 Å². The summed E-state index contributed by atoms with van der Waals surface area (Å²) in [7, 11) is 1.70. The van der Waals surface area contributed by atoms with Crippen LogP contribution in [0.1, 0.15) is 43.5 Å². The van der Waals surface area contributed by atoms with E-state index in [1.807, 2.05) is 4.90 Å². The molecule has 3 rings (SSSR count). The maximum atomic E-state index is 12.8. The van der Waals surface area contributed by atoms with Crippen molar-refractivity contribution in [3.8, 4) is 0 Å². The molecule has 1 saturated heterocycles. The average Bonchev–Trinajstić information content (AvgIpc) is 3.19. The lowest BCUT2D eigenvalue weighted by Crippen LogP contribution is -2.39. The third kappa shape index (κ3) is 2.58. The van der Waals surface area contributed by atoms with Crippen LogP contribution in [0.25, 0.3) is 0 Å². The first-order chi connectivity index (χ1) is 10.1. The summed E-state index contributed by atoms with van der Waals surface area (Å²) in [6.07, 6.45) is 2.78. The Morgan fingerprint density at radius 3 is 2.62 bits per heavy atom. The second-order valence-electron chi connectivity index (χ2n) is 6.38. The zero-order valence-corrected chi connectivity index (χ0v) is 13.1. The fourth-order valence-electron chi connectivity index (χ4n) is 3.12. The van der Waals surface area contributed by atoms with Gasteiger partial charge in [0.2, 0.25) is 5.91 Å². The number of benzene rings is 1. The second-order valence-corrected chi connectivity index (χ2v) is 6.38. The predicted octanol–water partition coefficient (Wildman–Crippen LogP) is 2.38. The van der Waals surface area contributed by atoms with Crippen molar-refractivity contribution in [1.82, 2.24) is 10.2 Å². The molecule has 4 nitrogen and oxygen atoms in total. The van der Waals surface area contributed by atoms with Crippen LogP contribution in [0.4, 0.5) is 0 Å². The summed E-state index contributed by atoms with van der Waals surface area (Å²) in [5, 5.41) is 3.57. The van der Waals surface area contributed by atoms with Crippen LogP contribution in [0, 0.1) is 6.92 Å². The van der Waals surface area contributed by atoms with E-state index in [2.05, 4.69) is 43.4 Å². The molecule has 1 heterocycles. The highest BCUT2D eigenvalue weighted by atomic mass is 16.5. The molecule has 1 aliphatic heterocycles. The third-order valence-corrected chi connectivity index (χ3v) is 4.69. The zero-order chi connectivity index (χ0) is 15.0. The fourth-order valence-corrected chi connectivity index (χ4v) is 3.12. The van der Waals surface area contributed by atoms with E-state index >= 15 is 0 Å². The number of carbonyl (C=O) groups excluding carboxylic acids is 1. The van der Waals surface area contributed by atoms with E-state index in [4.69, 9.17) is 4.74 Å². The number of methoxy groups -OCH3 is 1. The Bertz CT molecular complexity index is 522. The van der Waals surface area contributed by atoms with Crippen molar-refractivity contribution in [1.29, 1.82) is 0 Å². The Labute approximate surface area is 126 Å². The van der Waals surface area contributed by atoms with E-state index < -0.39 is 0 Å². The molecule has 2 fully saturated rings. The Kier molecular flexibility index (Phi) is 3.76. The van der Waals surface area contributed by atoms with Crippen LogP contribution < -0.4 is 5.32 Å². The van der Waals surface area contributed by atoms with Gasteiger partial charge in [-0.1, -0.05) is 29.8 Å². The number of amides is 1. The summed E-state index contributed by atoms with van der Waals surface area (Å²) >= 11 is 0. The van der Waals surface area contributed by atoms with Crippen molar-refractivity contribution in [2.75, 3.05) is 13.7 Å². The van der Waals surface area contributed by atoms with Crippen molar-refractivity contribution in [2.24, 2.45) is 0 Å². The van der Waals surface area contributed by atoms with Gasteiger partial charge in [0.15, 0.2) is 0 Å². The first kappa shape index (κ1) is 14.5. The lowest BCUT2D eigenvalue weighted by molar-refractivity contribution is -0.133.